The molecule has 12 heterocycles. The Morgan fingerprint density at radius 3 is 0.978 bits per heavy atom. The van der Waals surface area contributed by atoms with E-state index in [4.69, 9.17) is 14.2 Å². The van der Waals surface area contributed by atoms with E-state index in [0.29, 0.717) is 0 Å². The summed E-state index contributed by atoms with van der Waals surface area (Å²) in [5.41, 5.74) is 21.8. The fourth-order valence-corrected chi connectivity index (χ4v) is 40.0. The number of rotatable bonds is 6. The molecule has 12 aromatic carbocycles. The molecule has 6 aliphatic rings. The van der Waals surface area contributed by atoms with Crippen LogP contribution >= 0.6 is 58.8 Å². The van der Waals surface area contributed by atoms with Gasteiger partial charge in [0.25, 0.3) is 0 Å². The molecule has 684 valence electrons. The first-order valence-electron chi connectivity index (χ1n) is 46.0. The summed E-state index contributed by atoms with van der Waals surface area (Å²) in [6, 6.07) is 78.7. The zero-order valence-electron chi connectivity index (χ0n) is 80.7. The Kier molecular flexibility index (Phi) is 27.2. The van der Waals surface area contributed by atoms with E-state index in [-0.39, 0.29) is 15.0 Å². The Hall–Kier alpha value is -12.6. The predicted octanol–water partition coefficient (Wildman–Crippen LogP) is 19.4. The molecule has 0 amide bonds. The first-order chi connectivity index (χ1) is 66.6. The van der Waals surface area contributed by atoms with Crippen LogP contribution in [0.2, 0.25) is 39.3 Å². The monoisotopic (exact) mass is 2020 g/mol. The molecule has 0 unspecified atom stereocenters. The van der Waals surface area contributed by atoms with Gasteiger partial charge in [-0.05, 0) is 164 Å². The van der Waals surface area contributed by atoms with Crippen molar-refractivity contribution in [1.29, 1.82) is 0 Å². The average molecular weight is 2020 g/mol. The van der Waals surface area contributed by atoms with E-state index in [0.717, 1.165) is 88.1 Å². The molecule has 0 saturated heterocycles. The van der Waals surface area contributed by atoms with Crippen molar-refractivity contribution in [1.82, 2.24) is 29.9 Å². The first-order valence-corrected chi connectivity index (χ1v) is 60.8. The van der Waals surface area contributed by atoms with Gasteiger partial charge >= 0.3 is 135 Å². The van der Waals surface area contributed by atoms with Crippen molar-refractivity contribution in [2.24, 2.45) is 42.3 Å². The van der Waals surface area contributed by atoms with Crippen LogP contribution in [0.3, 0.4) is 0 Å². The summed E-state index contributed by atoms with van der Waals surface area (Å²) >= 11 is 9.41. The van der Waals surface area contributed by atoms with Crippen molar-refractivity contribution in [3.8, 4) is 102 Å². The second-order valence-corrected chi connectivity index (χ2v) is 57.6. The van der Waals surface area contributed by atoms with Crippen molar-refractivity contribution < 1.29 is 41.6 Å². The summed E-state index contributed by atoms with van der Waals surface area (Å²) < 4.78 is 33.5. The third-order valence-electron chi connectivity index (χ3n) is 26.5. The van der Waals surface area contributed by atoms with Gasteiger partial charge in [0, 0.05) is 29.4 Å². The third-order valence-corrected chi connectivity index (χ3v) is 46.1. The molecule has 138 heavy (non-hydrogen) atoms. The molecular weight excluding hydrogens is 1910 g/mol. The predicted molar refractivity (Wildman–Crippen MR) is 568 cm³/mol. The van der Waals surface area contributed by atoms with Gasteiger partial charge in [-0.3, -0.25) is 24.9 Å². The van der Waals surface area contributed by atoms with E-state index in [1.54, 1.807) is 73.2 Å². The Morgan fingerprint density at radius 2 is 0.514 bits per heavy atom. The van der Waals surface area contributed by atoms with E-state index in [2.05, 4.69) is 329 Å². The quantitative estimate of drug-likeness (QED) is 0.116. The summed E-state index contributed by atoms with van der Waals surface area (Å²) in [5, 5.41) is 9.65. The van der Waals surface area contributed by atoms with Crippen LogP contribution in [-0.2, 0) is 42.3 Å². The molecule has 24 heteroatoms. The number of nitrogens with zero attached hydrogens (tertiary/aromatic N) is 12. The maximum absolute atomic E-state index is 6.08. The van der Waals surface area contributed by atoms with E-state index in [1.807, 2.05) is 198 Å². The summed E-state index contributed by atoms with van der Waals surface area (Å²) in [5.74, 6) is 5.68. The molecule has 0 N–H and O–H groups in total. The van der Waals surface area contributed by atoms with E-state index < -0.39 is 24.2 Å². The minimum Gasteiger partial charge on any atom is -0.252 e. The average Bonchev–Trinajstić information content (AvgIpc) is 0.708. The molecule has 15 nitrogen and oxygen atoms in total. The van der Waals surface area contributed by atoms with Crippen molar-refractivity contribution in [2.75, 3.05) is 0 Å². The number of para-hydroxylation sites is 3. The maximum atomic E-state index is 6.08. The molecule has 0 saturated carbocycles. The number of aromatic nitrogens is 12. The van der Waals surface area contributed by atoms with Crippen molar-refractivity contribution in [3.63, 3.8) is 0 Å². The Labute approximate surface area is 839 Å². The molecule has 24 rings (SSSR count). The number of hydrogen-bond donors (Lipinski definition) is 0. The van der Waals surface area contributed by atoms with Crippen LogP contribution < -0.4 is 81.7 Å². The van der Waals surface area contributed by atoms with Crippen LogP contribution in [0.25, 0.3) is 67.5 Å². The Balaban J connectivity index is 0.000000106. The molecule has 6 aromatic heterocycles. The fourth-order valence-electron chi connectivity index (χ4n) is 18.7. The molecule has 0 atom stereocenters. The SMILES string of the molecule is Cc1cc2c(cc1-c1cncc[n+]1C)Oc1ccccc1S2.Cc1cc2c(cc1-c1cncc[n+]1C)Sc1ccccc1O2.Cc1cc2c(cc1-c1cncc[n+]1C)Sc1ccccc1S2.Cc1cc2c(cc1-c1cncc[n+]1C)Sc1ccccc1[Si]2(C)C.Cc1cc2c(cc1-c1cncc[n+]1C)[Se]c1ccccc1O2.Cc1cc2c(cc1-c1cncc[n+]1C)[Si](C)(C)c1ccccc1[Si]2(C)C. The van der Waals surface area contributed by atoms with Gasteiger partial charge in [-0.2, -0.15) is 22.8 Å². The second kappa shape index (κ2) is 39.7. The largest absolute Gasteiger partial charge is 0.252 e. The molecule has 0 bridgehead atoms. The zero-order valence-corrected chi connectivity index (χ0v) is 89.5. The molecule has 0 radical (unpaired) electrons. The van der Waals surface area contributed by atoms with Crippen LogP contribution in [-0.4, -0.2) is 69.1 Å². The van der Waals surface area contributed by atoms with Gasteiger partial charge in [-0.1, -0.05) is 210 Å². The minimum absolute atomic E-state index is 0.271. The third kappa shape index (κ3) is 19.1. The molecule has 0 spiro atoms. The molecule has 6 aliphatic heterocycles. The zero-order chi connectivity index (χ0) is 96.0. The molecule has 0 fully saturated rings. The summed E-state index contributed by atoms with van der Waals surface area (Å²) in [6.45, 7) is 28.0. The number of aryl methyl sites for hydroxylation is 12. The van der Waals surface area contributed by atoms with Gasteiger partial charge in [0.2, 0.25) is 28.5 Å². The Morgan fingerprint density at radius 1 is 0.225 bits per heavy atom. The number of ether oxygens (including phenoxy) is 3. The maximum Gasteiger partial charge on any atom is 0.231 e. The summed E-state index contributed by atoms with van der Waals surface area (Å²) in [6.07, 6.45) is 34.4. The van der Waals surface area contributed by atoms with Crippen LogP contribution in [0.1, 0.15) is 33.4 Å². The van der Waals surface area contributed by atoms with Crippen molar-refractivity contribution in [3.05, 3.63) is 363 Å². The van der Waals surface area contributed by atoms with Gasteiger partial charge in [0.05, 0.1) is 109 Å². The molecule has 0 aliphatic carbocycles. The van der Waals surface area contributed by atoms with Gasteiger partial charge in [0.1, 0.15) is 82.5 Å². The van der Waals surface area contributed by atoms with Crippen LogP contribution in [0.4, 0.5) is 0 Å². The smallest absolute Gasteiger partial charge is 0.231 e. The summed E-state index contributed by atoms with van der Waals surface area (Å²) in [7, 11) is 7.32. The van der Waals surface area contributed by atoms with Gasteiger partial charge in [-0.25, -0.2) is 0 Å². The fraction of sp³-hybridized carbons (Fsp3) is 0.158. The number of benzene rings is 12. The van der Waals surface area contributed by atoms with Crippen LogP contribution in [0.15, 0.2) is 379 Å². The van der Waals surface area contributed by atoms with E-state index in [1.165, 1.54) is 105 Å². The van der Waals surface area contributed by atoms with Gasteiger partial charge in [0.15, 0.2) is 31.0 Å². The van der Waals surface area contributed by atoms with Crippen LogP contribution in [0.5, 0.6) is 34.5 Å². The molecule has 18 aromatic rings. The first kappa shape index (κ1) is 94.4. The Bertz CT molecular complexity index is 7250. The second-order valence-electron chi connectivity index (χ2n) is 36.9. The topological polar surface area (TPSA) is 128 Å². The minimum atomic E-state index is -1.72. The number of hydrogen-bond acceptors (Lipinski definition) is 14. The normalized spacial score (nSPS) is 13.6. The van der Waals surface area contributed by atoms with E-state index >= 15 is 0 Å². The number of fused-ring (bicyclic) bond motifs is 12. The van der Waals surface area contributed by atoms with Crippen LogP contribution in [0, 0.1) is 41.5 Å². The summed E-state index contributed by atoms with van der Waals surface area (Å²) in [4.78, 5) is 38.5. The van der Waals surface area contributed by atoms with Gasteiger partial charge < -0.3 is 9.47 Å². The van der Waals surface area contributed by atoms with Crippen molar-refractivity contribution in [2.45, 2.75) is 130 Å². The molecular formula is C114H108N12O3S5SeSi3+6. The van der Waals surface area contributed by atoms with Gasteiger partial charge in [-0.15, -0.1) is 0 Å². The van der Waals surface area contributed by atoms with E-state index in [9.17, 15) is 0 Å². The standard InChI is InChI=1S/C22H27N2Si2.C20H21N2SSi.2C18H15N2OS.C18H15N2OSe.C18H15N2S2/c1-16-13-21-22(14-17(16)18-15-23-11-12-24(18)2)26(5,6)20-10-8-7-9-19(20)25(21,3)4;1-14-11-20-18(12-15(14)16-13-21-9-10-22(16)2)23-17-7-5-6-8-19(17)24(20,3)4;1-12-9-18-16(21-15-5-3-4-6-17(15)22-18)10-13(12)14-11-19-7-8-20(14)2;2*1-12-9-16-18(22-17-6-4-3-5-15(17)21-16)10-13(12)14-11-19-7-8-20(14)2;1-12-9-17-18(22-16-6-4-3-5-15(16)21-17)10-13(12)14-11-19-7-8-20(14)2/h7-15H,1-6H3;5-13H,1-4H3;4*3-11H,1-2H3/q6*+1. The van der Waals surface area contributed by atoms with Crippen molar-refractivity contribution >= 4 is 138 Å².